The number of carbonyl (C=O) groups excluding carboxylic acids is 2. The Bertz CT molecular complexity index is 1070. The maximum atomic E-state index is 12.7. The highest BCUT2D eigenvalue weighted by Crippen LogP contribution is 2.52. The van der Waals surface area contributed by atoms with Crippen LogP contribution in [0.15, 0.2) is 48.5 Å². The molecule has 5 rings (SSSR count). The van der Waals surface area contributed by atoms with Crippen LogP contribution in [-0.4, -0.2) is 53.2 Å². The molecule has 1 saturated carbocycles. The van der Waals surface area contributed by atoms with E-state index in [4.69, 9.17) is 9.84 Å². The molecule has 2 aromatic rings. The van der Waals surface area contributed by atoms with Crippen molar-refractivity contribution in [1.29, 1.82) is 0 Å². The van der Waals surface area contributed by atoms with Crippen LogP contribution in [0.5, 0.6) is 0 Å². The van der Waals surface area contributed by atoms with Gasteiger partial charge in [-0.05, 0) is 47.9 Å². The zero-order valence-electron chi connectivity index (χ0n) is 18.8. The van der Waals surface area contributed by atoms with Crippen molar-refractivity contribution < 1.29 is 24.2 Å². The van der Waals surface area contributed by atoms with Crippen molar-refractivity contribution in [2.75, 3.05) is 19.7 Å². The summed E-state index contributed by atoms with van der Waals surface area (Å²) in [5, 5.41) is 12.0. The van der Waals surface area contributed by atoms with Crippen molar-refractivity contribution in [1.82, 2.24) is 10.2 Å². The van der Waals surface area contributed by atoms with Crippen molar-refractivity contribution in [3.63, 3.8) is 0 Å². The van der Waals surface area contributed by atoms with E-state index in [0.29, 0.717) is 13.1 Å². The summed E-state index contributed by atoms with van der Waals surface area (Å²) in [6, 6.07) is 16.3. The number of fused-ring (bicyclic) bond motifs is 4. The molecule has 0 bridgehead atoms. The number of ether oxygens (including phenoxy) is 1. The molecule has 0 spiro atoms. The highest BCUT2D eigenvalue weighted by Gasteiger charge is 2.60. The van der Waals surface area contributed by atoms with Crippen LogP contribution in [0.1, 0.15) is 37.3 Å². The smallest absolute Gasteiger partial charge is 0.407 e. The number of likely N-dealkylation sites (tertiary alicyclic amines) is 1. The number of hydrogen-bond acceptors (Lipinski definition) is 4. The normalized spacial score (nSPS) is 22.8. The molecule has 33 heavy (non-hydrogen) atoms. The lowest BCUT2D eigenvalue weighted by Gasteiger charge is -2.29. The molecule has 2 N–H and O–H groups in total. The number of piperidine rings is 1. The predicted molar refractivity (Wildman–Crippen MR) is 122 cm³/mol. The lowest BCUT2D eigenvalue weighted by atomic mass is 9.98. The molecule has 172 valence electrons. The van der Waals surface area contributed by atoms with Crippen molar-refractivity contribution in [3.05, 3.63) is 59.7 Å². The first kappa shape index (κ1) is 21.5. The van der Waals surface area contributed by atoms with E-state index in [0.717, 1.165) is 11.1 Å². The maximum Gasteiger partial charge on any atom is 0.407 e. The zero-order valence-corrected chi connectivity index (χ0v) is 18.8. The number of carboxylic acid groups (broad SMARTS) is 1. The molecule has 2 amide bonds. The van der Waals surface area contributed by atoms with E-state index >= 15 is 0 Å². The Hall–Kier alpha value is -3.35. The number of benzene rings is 2. The van der Waals surface area contributed by atoms with Crippen LogP contribution in [0.3, 0.4) is 0 Å². The first-order valence-corrected chi connectivity index (χ1v) is 11.4. The van der Waals surface area contributed by atoms with Gasteiger partial charge in [-0.15, -0.1) is 0 Å². The average molecular weight is 449 g/mol. The molecule has 3 atom stereocenters. The monoisotopic (exact) mass is 448 g/mol. The van der Waals surface area contributed by atoms with E-state index in [1.807, 2.05) is 24.3 Å². The molecule has 7 nitrogen and oxygen atoms in total. The SMILES string of the molecule is CC(C)(CC(=O)N1C[C@@H]2C(C(=O)O)[C@@H]2C1)NC(=O)OCC1c2ccccc2-c2ccccc21. The number of alkyl carbamates (subject to hydrolysis) is 1. The van der Waals surface area contributed by atoms with Crippen LogP contribution < -0.4 is 5.32 Å². The Morgan fingerprint density at radius 2 is 1.55 bits per heavy atom. The number of rotatable bonds is 6. The van der Waals surface area contributed by atoms with Crippen molar-refractivity contribution in [2.45, 2.75) is 31.7 Å². The molecule has 1 saturated heterocycles. The molecular weight excluding hydrogens is 420 g/mol. The Labute approximate surface area is 192 Å². The number of carbonyl (C=O) groups is 3. The molecule has 2 aliphatic carbocycles. The van der Waals surface area contributed by atoms with Crippen LogP contribution >= 0.6 is 0 Å². The quantitative estimate of drug-likeness (QED) is 0.705. The summed E-state index contributed by atoms with van der Waals surface area (Å²) < 4.78 is 5.61. The molecule has 3 aliphatic rings. The standard InChI is InChI=1S/C26H28N2O5/c1-26(2,11-22(29)28-12-19-20(13-28)23(19)24(30)31)27-25(32)33-14-21-17-9-5-3-7-15(17)16-8-4-6-10-18(16)21/h3-10,19-21,23H,11-14H2,1-2H3,(H,27,32)(H,30,31)/t19-,20+,23?. The van der Waals surface area contributed by atoms with Crippen LogP contribution in [0, 0.1) is 17.8 Å². The second-order valence-electron chi connectivity index (χ2n) is 10.0. The zero-order chi connectivity index (χ0) is 23.3. The molecule has 2 aromatic carbocycles. The van der Waals surface area contributed by atoms with Gasteiger partial charge in [0.1, 0.15) is 6.61 Å². The van der Waals surface area contributed by atoms with E-state index in [1.165, 1.54) is 11.1 Å². The summed E-state index contributed by atoms with van der Waals surface area (Å²) in [6.07, 6.45) is -0.418. The maximum absolute atomic E-state index is 12.7. The summed E-state index contributed by atoms with van der Waals surface area (Å²) in [4.78, 5) is 38.2. The third-order valence-electron chi connectivity index (χ3n) is 7.21. The van der Waals surface area contributed by atoms with E-state index in [2.05, 4.69) is 29.6 Å². The Kier molecular flexibility index (Phi) is 5.15. The van der Waals surface area contributed by atoms with Crippen molar-refractivity contribution in [3.8, 4) is 11.1 Å². The number of nitrogens with one attached hydrogen (secondary N) is 1. The van der Waals surface area contributed by atoms with E-state index in [1.54, 1.807) is 18.7 Å². The number of amides is 2. The first-order chi connectivity index (χ1) is 15.7. The summed E-state index contributed by atoms with van der Waals surface area (Å²) in [6.45, 7) is 4.78. The van der Waals surface area contributed by atoms with Crippen molar-refractivity contribution >= 4 is 18.0 Å². The largest absolute Gasteiger partial charge is 0.481 e. The van der Waals surface area contributed by atoms with Gasteiger partial charge in [-0.2, -0.15) is 0 Å². The van der Waals surface area contributed by atoms with E-state index < -0.39 is 17.6 Å². The van der Waals surface area contributed by atoms with Gasteiger partial charge in [0.25, 0.3) is 0 Å². The topological polar surface area (TPSA) is 95.9 Å². The van der Waals surface area contributed by atoms with Crippen molar-refractivity contribution in [2.24, 2.45) is 17.8 Å². The summed E-state index contributed by atoms with van der Waals surface area (Å²) in [5.41, 5.74) is 3.85. The number of nitrogens with zero attached hydrogens (tertiary/aromatic N) is 1. The fourth-order valence-electron chi connectivity index (χ4n) is 5.54. The number of aliphatic carboxylic acids is 1. The molecule has 0 radical (unpaired) electrons. The van der Waals surface area contributed by atoms with Gasteiger partial charge in [-0.1, -0.05) is 48.5 Å². The number of carboxylic acids is 1. The Morgan fingerprint density at radius 3 is 2.09 bits per heavy atom. The van der Waals surface area contributed by atoms with Crippen LogP contribution in [-0.2, 0) is 14.3 Å². The van der Waals surface area contributed by atoms with E-state index in [-0.39, 0.29) is 42.6 Å². The van der Waals surface area contributed by atoms with Gasteiger partial charge in [-0.3, -0.25) is 9.59 Å². The average Bonchev–Trinajstić information content (AvgIpc) is 3.12. The Morgan fingerprint density at radius 1 is 1.00 bits per heavy atom. The highest BCUT2D eigenvalue weighted by atomic mass is 16.5. The fraction of sp³-hybridized carbons (Fsp3) is 0.423. The highest BCUT2D eigenvalue weighted by molar-refractivity contribution is 5.81. The molecule has 0 aromatic heterocycles. The van der Waals surface area contributed by atoms with E-state index in [9.17, 15) is 14.4 Å². The lowest BCUT2D eigenvalue weighted by Crippen LogP contribution is -2.48. The van der Waals surface area contributed by atoms with Gasteiger partial charge in [0, 0.05) is 31.0 Å². The third kappa shape index (κ3) is 3.96. The van der Waals surface area contributed by atoms with Gasteiger partial charge < -0.3 is 20.1 Å². The minimum Gasteiger partial charge on any atom is -0.481 e. The molecule has 7 heteroatoms. The molecular formula is C26H28N2O5. The molecule has 1 unspecified atom stereocenters. The van der Waals surface area contributed by atoms with Gasteiger partial charge in [0.05, 0.1) is 5.92 Å². The summed E-state index contributed by atoms with van der Waals surface area (Å²) in [5.74, 6) is -1.02. The van der Waals surface area contributed by atoms with Gasteiger partial charge >= 0.3 is 12.1 Å². The Balaban J connectivity index is 1.15. The van der Waals surface area contributed by atoms with Crippen LogP contribution in [0.2, 0.25) is 0 Å². The third-order valence-corrected chi connectivity index (χ3v) is 7.21. The molecule has 1 heterocycles. The summed E-state index contributed by atoms with van der Waals surface area (Å²) >= 11 is 0. The summed E-state index contributed by atoms with van der Waals surface area (Å²) in [7, 11) is 0. The lowest BCUT2D eigenvalue weighted by molar-refractivity contribution is -0.141. The van der Waals surface area contributed by atoms with Gasteiger partial charge in [0.15, 0.2) is 0 Å². The minimum atomic E-state index is -0.779. The van der Waals surface area contributed by atoms with Gasteiger partial charge in [-0.25, -0.2) is 4.79 Å². The fourth-order valence-corrected chi connectivity index (χ4v) is 5.54. The second-order valence-corrected chi connectivity index (χ2v) is 10.0. The van der Waals surface area contributed by atoms with Crippen LogP contribution in [0.25, 0.3) is 11.1 Å². The van der Waals surface area contributed by atoms with Gasteiger partial charge in [0.2, 0.25) is 5.91 Å². The number of hydrogen-bond donors (Lipinski definition) is 2. The van der Waals surface area contributed by atoms with Crippen LogP contribution in [0.4, 0.5) is 4.79 Å². The molecule has 1 aliphatic heterocycles. The predicted octanol–water partition coefficient (Wildman–Crippen LogP) is 3.48. The second kappa shape index (κ2) is 7.90. The first-order valence-electron chi connectivity index (χ1n) is 11.4. The minimum absolute atomic E-state index is 0.0219. The molecule has 2 fully saturated rings.